The van der Waals surface area contributed by atoms with Gasteiger partial charge in [0.2, 0.25) is 0 Å². The van der Waals surface area contributed by atoms with Gasteiger partial charge in [0.15, 0.2) is 4.67 Å². The van der Waals surface area contributed by atoms with Gasteiger partial charge in [-0.15, -0.1) is 0 Å². The van der Waals surface area contributed by atoms with Crippen molar-refractivity contribution >= 4 is 31.9 Å². The van der Waals surface area contributed by atoms with Gasteiger partial charge in [-0.3, -0.25) is 4.68 Å². The van der Waals surface area contributed by atoms with Gasteiger partial charge in [0.05, 0.1) is 17.6 Å². The Kier molecular flexibility index (Phi) is 4.20. The van der Waals surface area contributed by atoms with Crippen LogP contribution in [-0.2, 0) is 13.1 Å². The molecule has 2 aromatic heterocycles. The van der Waals surface area contributed by atoms with Crippen molar-refractivity contribution in [2.45, 2.75) is 13.1 Å². The molecule has 1 N–H and O–H groups in total. The first kappa shape index (κ1) is 11.9. The number of hydrogen-bond donors (Lipinski definition) is 1. The Hall–Kier alpha value is -0.590. The van der Waals surface area contributed by atoms with Gasteiger partial charge in [0.25, 0.3) is 0 Å². The van der Waals surface area contributed by atoms with Crippen LogP contribution in [0.15, 0.2) is 38.1 Å². The Morgan fingerprint density at radius 1 is 1.44 bits per heavy atom. The Bertz CT molecular complexity index is 419. The van der Waals surface area contributed by atoms with Gasteiger partial charge in [0, 0.05) is 18.9 Å². The summed E-state index contributed by atoms with van der Waals surface area (Å²) in [6.45, 7) is 2.43. The molecule has 2 rings (SSSR count). The second-order valence-corrected chi connectivity index (χ2v) is 4.85. The van der Waals surface area contributed by atoms with E-state index in [9.17, 15) is 0 Å². The van der Waals surface area contributed by atoms with E-state index in [-0.39, 0.29) is 0 Å². The van der Waals surface area contributed by atoms with E-state index < -0.39 is 0 Å². The van der Waals surface area contributed by atoms with E-state index in [4.69, 9.17) is 4.42 Å². The van der Waals surface area contributed by atoms with Gasteiger partial charge in [-0.25, -0.2) is 0 Å². The molecular formula is C10H11Br2N3O. The molecule has 0 aromatic carbocycles. The first-order valence-electron chi connectivity index (χ1n) is 4.87. The second kappa shape index (κ2) is 5.65. The Morgan fingerprint density at radius 3 is 2.94 bits per heavy atom. The monoisotopic (exact) mass is 347 g/mol. The second-order valence-electron chi connectivity index (χ2n) is 3.28. The van der Waals surface area contributed by atoms with Crippen LogP contribution < -0.4 is 5.32 Å². The number of nitrogens with zero attached hydrogens (tertiary/aromatic N) is 2. The topological polar surface area (TPSA) is 43.0 Å². The smallest absolute Gasteiger partial charge is 0.183 e. The molecule has 6 heteroatoms. The van der Waals surface area contributed by atoms with Crippen LogP contribution in [-0.4, -0.2) is 16.3 Å². The SMILES string of the molecule is Brc1cc(CNCCn2cccn2)oc1Br. The fourth-order valence-corrected chi connectivity index (χ4v) is 1.98. The van der Waals surface area contributed by atoms with E-state index in [0.717, 1.165) is 28.0 Å². The van der Waals surface area contributed by atoms with Crippen molar-refractivity contribution in [3.8, 4) is 0 Å². The molecule has 0 spiro atoms. The Labute approximate surface area is 110 Å². The fourth-order valence-electron chi connectivity index (χ4n) is 1.32. The molecule has 0 aliphatic heterocycles. The van der Waals surface area contributed by atoms with Gasteiger partial charge < -0.3 is 9.73 Å². The van der Waals surface area contributed by atoms with Crippen LogP contribution in [0.4, 0.5) is 0 Å². The minimum Gasteiger partial charge on any atom is -0.452 e. The average Bonchev–Trinajstić information content (AvgIpc) is 2.85. The quantitative estimate of drug-likeness (QED) is 0.845. The summed E-state index contributed by atoms with van der Waals surface area (Å²) in [6.07, 6.45) is 3.72. The predicted octanol–water partition coefficient (Wildman–Crippen LogP) is 2.79. The largest absolute Gasteiger partial charge is 0.452 e. The Morgan fingerprint density at radius 2 is 2.31 bits per heavy atom. The molecule has 86 valence electrons. The number of furan rings is 1. The molecule has 0 amide bonds. The summed E-state index contributed by atoms with van der Waals surface area (Å²) in [5, 5.41) is 7.40. The molecule has 0 bridgehead atoms. The fraction of sp³-hybridized carbons (Fsp3) is 0.300. The van der Waals surface area contributed by atoms with Crippen LogP contribution in [0.25, 0.3) is 0 Å². The summed E-state index contributed by atoms with van der Waals surface area (Å²) in [6, 6.07) is 3.87. The number of rotatable bonds is 5. The van der Waals surface area contributed by atoms with Gasteiger partial charge in [0.1, 0.15) is 5.76 Å². The van der Waals surface area contributed by atoms with Gasteiger partial charge in [-0.1, -0.05) is 0 Å². The number of halogens is 2. The van der Waals surface area contributed by atoms with Gasteiger partial charge in [-0.2, -0.15) is 5.10 Å². The lowest BCUT2D eigenvalue weighted by molar-refractivity contribution is 0.455. The molecule has 2 aromatic rings. The summed E-state index contributed by atoms with van der Waals surface area (Å²) in [5.74, 6) is 0.902. The third-order valence-corrected chi connectivity index (χ3v) is 3.78. The zero-order chi connectivity index (χ0) is 11.4. The highest BCUT2D eigenvalue weighted by Crippen LogP contribution is 2.26. The molecule has 4 nitrogen and oxygen atoms in total. The molecule has 0 aliphatic carbocycles. The van der Waals surface area contributed by atoms with E-state index in [1.807, 2.05) is 23.0 Å². The van der Waals surface area contributed by atoms with Crippen LogP contribution in [0.5, 0.6) is 0 Å². The van der Waals surface area contributed by atoms with Crippen LogP contribution in [0, 0.1) is 0 Å². The van der Waals surface area contributed by atoms with E-state index in [0.29, 0.717) is 6.54 Å². The molecular weight excluding hydrogens is 338 g/mol. The molecule has 0 radical (unpaired) electrons. The van der Waals surface area contributed by atoms with Crippen LogP contribution in [0.3, 0.4) is 0 Å². The first-order valence-corrected chi connectivity index (χ1v) is 6.46. The lowest BCUT2D eigenvalue weighted by atomic mass is 10.4. The molecule has 16 heavy (non-hydrogen) atoms. The number of aromatic nitrogens is 2. The summed E-state index contributed by atoms with van der Waals surface area (Å²) in [5.41, 5.74) is 0. The minimum absolute atomic E-state index is 0.714. The van der Waals surface area contributed by atoms with Crippen molar-refractivity contribution in [1.82, 2.24) is 15.1 Å². The maximum Gasteiger partial charge on any atom is 0.183 e. The van der Waals surface area contributed by atoms with E-state index in [1.54, 1.807) is 6.20 Å². The molecule has 0 unspecified atom stereocenters. The van der Waals surface area contributed by atoms with Crippen molar-refractivity contribution in [2.75, 3.05) is 6.54 Å². The lowest BCUT2D eigenvalue weighted by Gasteiger charge is -2.02. The van der Waals surface area contributed by atoms with Gasteiger partial charge in [-0.05, 0) is 44.0 Å². The van der Waals surface area contributed by atoms with Crippen LogP contribution in [0.1, 0.15) is 5.76 Å². The third-order valence-electron chi connectivity index (χ3n) is 2.07. The van der Waals surface area contributed by atoms with E-state index in [2.05, 4.69) is 42.3 Å². The molecule has 2 heterocycles. The summed E-state index contributed by atoms with van der Waals surface area (Å²) in [4.78, 5) is 0. The first-order chi connectivity index (χ1) is 7.75. The number of nitrogens with one attached hydrogen (secondary N) is 1. The minimum atomic E-state index is 0.714. The van der Waals surface area contributed by atoms with Crippen LogP contribution >= 0.6 is 31.9 Å². The van der Waals surface area contributed by atoms with Crippen molar-refractivity contribution in [2.24, 2.45) is 0 Å². The van der Waals surface area contributed by atoms with Gasteiger partial charge >= 0.3 is 0 Å². The summed E-state index contributed by atoms with van der Waals surface area (Å²) < 4.78 is 9.00. The van der Waals surface area contributed by atoms with E-state index in [1.165, 1.54) is 0 Å². The highest BCUT2D eigenvalue weighted by molar-refractivity contribution is 9.13. The van der Waals surface area contributed by atoms with Crippen molar-refractivity contribution in [3.63, 3.8) is 0 Å². The standard InChI is InChI=1S/C10H11Br2N3O/c11-9-6-8(16-10(9)12)7-13-3-5-15-4-1-2-14-15/h1-2,4,6,13H,3,5,7H2. The van der Waals surface area contributed by atoms with Crippen LogP contribution in [0.2, 0.25) is 0 Å². The predicted molar refractivity (Wildman–Crippen MR) is 68.0 cm³/mol. The molecule has 0 fully saturated rings. The molecule has 0 aliphatic rings. The number of hydrogen-bond acceptors (Lipinski definition) is 3. The highest BCUT2D eigenvalue weighted by atomic mass is 79.9. The maximum absolute atomic E-state index is 5.44. The average molecular weight is 349 g/mol. The lowest BCUT2D eigenvalue weighted by Crippen LogP contribution is -2.19. The molecule has 0 saturated carbocycles. The molecule has 0 saturated heterocycles. The van der Waals surface area contributed by atoms with E-state index >= 15 is 0 Å². The van der Waals surface area contributed by atoms with Crippen molar-refractivity contribution in [1.29, 1.82) is 0 Å². The highest BCUT2D eigenvalue weighted by Gasteiger charge is 2.04. The zero-order valence-corrected chi connectivity index (χ0v) is 11.7. The summed E-state index contributed by atoms with van der Waals surface area (Å²) >= 11 is 6.68. The zero-order valence-electron chi connectivity index (χ0n) is 8.49. The van der Waals surface area contributed by atoms with Crippen molar-refractivity contribution < 1.29 is 4.42 Å². The third kappa shape index (κ3) is 3.20. The summed E-state index contributed by atoms with van der Waals surface area (Å²) in [7, 11) is 0. The van der Waals surface area contributed by atoms with Crippen molar-refractivity contribution in [3.05, 3.63) is 39.4 Å². The Balaban J connectivity index is 1.72. The maximum atomic E-state index is 5.44. The normalized spacial score (nSPS) is 10.9. The molecule has 0 atom stereocenters.